The van der Waals surface area contributed by atoms with Gasteiger partial charge in [0.2, 0.25) is 0 Å². The SMILES string of the molecule is CC(N)Cc1cc(F)ccc1-n1ccc(C(C)C)n1. The van der Waals surface area contributed by atoms with Gasteiger partial charge in [0.1, 0.15) is 5.82 Å². The average molecular weight is 261 g/mol. The Hall–Kier alpha value is -1.68. The largest absolute Gasteiger partial charge is 0.328 e. The Bertz CT molecular complexity index is 558. The van der Waals surface area contributed by atoms with Crippen LogP contribution in [0.4, 0.5) is 4.39 Å². The molecular weight excluding hydrogens is 241 g/mol. The maximum absolute atomic E-state index is 13.4. The number of hydrogen-bond acceptors (Lipinski definition) is 2. The highest BCUT2D eigenvalue weighted by atomic mass is 19.1. The summed E-state index contributed by atoms with van der Waals surface area (Å²) in [6.07, 6.45) is 2.54. The lowest BCUT2D eigenvalue weighted by atomic mass is 10.1. The van der Waals surface area contributed by atoms with Gasteiger partial charge < -0.3 is 5.73 Å². The van der Waals surface area contributed by atoms with Crippen molar-refractivity contribution in [1.82, 2.24) is 9.78 Å². The molecule has 0 aliphatic heterocycles. The average Bonchev–Trinajstić information content (AvgIpc) is 2.77. The Morgan fingerprint density at radius 3 is 2.58 bits per heavy atom. The van der Waals surface area contributed by atoms with Gasteiger partial charge in [-0.3, -0.25) is 0 Å². The van der Waals surface area contributed by atoms with Gasteiger partial charge in [0.25, 0.3) is 0 Å². The van der Waals surface area contributed by atoms with E-state index in [2.05, 4.69) is 18.9 Å². The van der Waals surface area contributed by atoms with E-state index in [0.29, 0.717) is 12.3 Å². The third kappa shape index (κ3) is 3.20. The number of nitrogens with zero attached hydrogens (tertiary/aromatic N) is 2. The van der Waals surface area contributed by atoms with Gasteiger partial charge in [-0.1, -0.05) is 13.8 Å². The monoisotopic (exact) mass is 261 g/mol. The van der Waals surface area contributed by atoms with Crippen molar-refractivity contribution in [1.29, 1.82) is 0 Å². The van der Waals surface area contributed by atoms with Crippen LogP contribution in [0.25, 0.3) is 5.69 Å². The van der Waals surface area contributed by atoms with Crippen LogP contribution in [0, 0.1) is 5.82 Å². The Morgan fingerprint density at radius 2 is 2.00 bits per heavy atom. The number of benzene rings is 1. The molecule has 0 saturated carbocycles. The summed E-state index contributed by atoms with van der Waals surface area (Å²) < 4.78 is 15.2. The van der Waals surface area contributed by atoms with Crippen LogP contribution in [-0.2, 0) is 6.42 Å². The molecule has 1 heterocycles. The van der Waals surface area contributed by atoms with Gasteiger partial charge in [-0.25, -0.2) is 9.07 Å². The molecular formula is C15H20FN3. The van der Waals surface area contributed by atoms with Crippen LogP contribution in [0.1, 0.15) is 37.9 Å². The van der Waals surface area contributed by atoms with Gasteiger partial charge in [0, 0.05) is 12.2 Å². The van der Waals surface area contributed by atoms with Gasteiger partial charge in [0.05, 0.1) is 11.4 Å². The fraction of sp³-hybridized carbons (Fsp3) is 0.400. The quantitative estimate of drug-likeness (QED) is 0.919. The number of halogens is 1. The highest BCUT2D eigenvalue weighted by molar-refractivity contribution is 5.41. The summed E-state index contributed by atoms with van der Waals surface area (Å²) in [5.41, 5.74) is 8.62. The van der Waals surface area contributed by atoms with Crippen molar-refractivity contribution >= 4 is 0 Å². The first kappa shape index (κ1) is 13.7. The minimum Gasteiger partial charge on any atom is -0.328 e. The van der Waals surface area contributed by atoms with E-state index in [4.69, 9.17) is 5.73 Å². The number of aromatic nitrogens is 2. The van der Waals surface area contributed by atoms with Gasteiger partial charge in [-0.15, -0.1) is 0 Å². The zero-order valence-electron chi connectivity index (χ0n) is 11.6. The van der Waals surface area contributed by atoms with Crippen LogP contribution in [0.15, 0.2) is 30.5 Å². The molecule has 1 unspecified atom stereocenters. The van der Waals surface area contributed by atoms with Crippen LogP contribution in [0.2, 0.25) is 0 Å². The van der Waals surface area contributed by atoms with Gasteiger partial charge in [0.15, 0.2) is 0 Å². The summed E-state index contributed by atoms with van der Waals surface area (Å²) in [5.74, 6) is 0.134. The molecule has 0 amide bonds. The smallest absolute Gasteiger partial charge is 0.123 e. The molecule has 0 spiro atoms. The fourth-order valence-corrected chi connectivity index (χ4v) is 2.07. The molecule has 0 radical (unpaired) electrons. The molecule has 2 rings (SSSR count). The van der Waals surface area contributed by atoms with Gasteiger partial charge >= 0.3 is 0 Å². The molecule has 0 bridgehead atoms. The van der Waals surface area contributed by atoms with Crippen molar-refractivity contribution in [2.24, 2.45) is 5.73 Å². The molecule has 1 aromatic heterocycles. The molecule has 4 heteroatoms. The second-order valence-corrected chi connectivity index (χ2v) is 5.29. The van der Waals surface area contributed by atoms with E-state index in [-0.39, 0.29) is 11.9 Å². The van der Waals surface area contributed by atoms with Crippen LogP contribution in [0.5, 0.6) is 0 Å². The minimum absolute atomic E-state index is 0.0133. The third-order valence-electron chi connectivity index (χ3n) is 3.03. The third-order valence-corrected chi connectivity index (χ3v) is 3.03. The predicted octanol–water partition coefficient (Wildman–Crippen LogP) is 3.02. The normalized spacial score (nSPS) is 12.9. The van der Waals surface area contributed by atoms with E-state index in [9.17, 15) is 4.39 Å². The molecule has 1 atom stereocenters. The number of hydrogen-bond donors (Lipinski definition) is 1. The zero-order valence-corrected chi connectivity index (χ0v) is 11.6. The van der Waals surface area contributed by atoms with Crippen molar-refractivity contribution < 1.29 is 4.39 Å². The molecule has 19 heavy (non-hydrogen) atoms. The lowest BCUT2D eigenvalue weighted by Crippen LogP contribution is -2.19. The second-order valence-electron chi connectivity index (χ2n) is 5.29. The fourth-order valence-electron chi connectivity index (χ4n) is 2.07. The minimum atomic E-state index is -0.240. The zero-order chi connectivity index (χ0) is 14.0. The molecule has 102 valence electrons. The van der Waals surface area contributed by atoms with E-state index in [1.807, 2.05) is 19.2 Å². The highest BCUT2D eigenvalue weighted by Crippen LogP contribution is 2.19. The van der Waals surface area contributed by atoms with E-state index in [1.54, 1.807) is 10.7 Å². The molecule has 0 aliphatic rings. The topological polar surface area (TPSA) is 43.8 Å². The van der Waals surface area contributed by atoms with Crippen molar-refractivity contribution in [2.45, 2.75) is 39.2 Å². The first-order valence-electron chi connectivity index (χ1n) is 6.57. The van der Waals surface area contributed by atoms with Gasteiger partial charge in [-0.2, -0.15) is 5.10 Å². The van der Waals surface area contributed by atoms with E-state index < -0.39 is 0 Å². The predicted molar refractivity (Wildman–Crippen MR) is 75.0 cm³/mol. The van der Waals surface area contributed by atoms with Crippen molar-refractivity contribution in [3.8, 4) is 5.69 Å². The molecule has 2 aromatic rings. The van der Waals surface area contributed by atoms with Crippen LogP contribution >= 0.6 is 0 Å². The standard InChI is InChI=1S/C15H20FN3/c1-10(2)14-6-7-19(18-14)15-5-4-13(16)9-12(15)8-11(3)17/h4-7,9-11H,8,17H2,1-3H3. The van der Waals surface area contributed by atoms with Gasteiger partial charge in [-0.05, 0) is 49.1 Å². The van der Waals surface area contributed by atoms with Crippen molar-refractivity contribution in [3.63, 3.8) is 0 Å². The molecule has 2 N–H and O–H groups in total. The van der Waals surface area contributed by atoms with E-state index >= 15 is 0 Å². The number of rotatable bonds is 4. The Balaban J connectivity index is 2.42. The summed E-state index contributed by atoms with van der Waals surface area (Å²) in [7, 11) is 0. The summed E-state index contributed by atoms with van der Waals surface area (Å²) >= 11 is 0. The summed E-state index contributed by atoms with van der Waals surface area (Å²) in [4.78, 5) is 0. The molecule has 1 aromatic carbocycles. The Morgan fingerprint density at radius 1 is 1.26 bits per heavy atom. The first-order chi connectivity index (χ1) is 8.97. The lowest BCUT2D eigenvalue weighted by Gasteiger charge is -2.12. The molecule has 0 saturated heterocycles. The maximum Gasteiger partial charge on any atom is 0.123 e. The van der Waals surface area contributed by atoms with Crippen molar-refractivity contribution in [2.75, 3.05) is 0 Å². The molecule has 0 aliphatic carbocycles. The van der Waals surface area contributed by atoms with Crippen LogP contribution < -0.4 is 5.73 Å². The summed E-state index contributed by atoms with van der Waals surface area (Å²) in [6.45, 7) is 6.11. The van der Waals surface area contributed by atoms with Crippen LogP contribution in [0.3, 0.4) is 0 Å². The van der Waals surface area contributed by atoms with E-state index in [1.165, 1.54) is 12.1 Å². The highest BCUT2D eigenvalue weighted by Gasteiger charge is 2.11. The summed E-state index contributed by atoms with van der Waals surface area (Å²) in [6, 6.07) is 6.72. The Labute approximate surface area is 113 Å². The van der Waals surface area contributed by atoms with Crippen LogP contribution in [-0.4, -0.2) is 15.8 Å². The van der Waals surface area contributed by atoms with E-state index in [0.717, 1.165) is 16.9 Å². The van der Waals surface area contributed by atoms with Crippen molar-refractivity contribution in [3.05, 3.63) is 47.5 Å². The lowest BCUT2D eigenvalue weighted by molar-refractivity contribution is 0.620. The number of nitrogens with two attached hydrogens (primary N) is 1. The Kier molecular flexibility index (Phi) is 4.00. The summed E-state index contributed by atoms with van der Waals surface area (Å²) in [5, 5.41) is 4.53. The first-order valence-corrected chi connectivity index (χ1v) is 6.57. The molecule has 0 fully saturated rings. The molecule has 3 nitrogen and oxygen atoms in total. The second kappa shape index (κ2) is 5.53. The maximum atomic E-state index is 13.4.